The second kappa shape index (κ2) is 6.34. The van der Waals surface area contributed by atoms with Gasteiger partial charge in [0, 0.05) is 26.0 Å². The number of hydrogen-bond acceptors (Lipinski definition) is 3. The monoisotopic (exact) mass is 251 g/mol. The molecule has 0 saturated heterocycles. The lowest BCUT2D eigenvalue weighted by Gasteiger charge is -2.26. The fourth-order valence-corrected chi connectivity index (χ4v) is 2.83. The van der Waals surface area contributed by atoms with Crippen molar-refractivity contribution in [3.05, 3.63) is 18.2 Å². The largest absolute Gasteiger partial charge is 0.393 e. The first kappa shape index (κ1) is 13.6. The number of rotatable bonds is 4. The molecule has 1 heterocycles. The molecule has 0 amide bonds. The zero-order chi connectivity index (χ0) is 13.0. The van der Waals surface area contributed by atoms with E-state index in [-0.39, 0.29) is 6.10 Å². The van der Waals surface area contributed by atoms with Crippen molar-refractivity contribution in [2.24, 2.45) is 13.0 Å². The Kier molecular flexibility index (Phi) is 4.78. The van der Waals surface area contributed by atoms with Crippen LogP contribution in [0.4, 0.5) is 0 Å². The Bertz CT molecular complexity index is 364. The molecular weight excluding hydrogens is 226 g/mol. The minimum atomic E-state index is -0.115. The molecule has 0 bridgehead atoms. The lowest BCUT2D eigenvalue weighted by Crippen LogP contribution is -2.32. The summed E-state index contributed by atoms with van der Waals surface area (Å²) in [5.74, 6) is 1.51. The molecule has 18 heavy (non-hydrogen) atoms. The highest BCUT2D eigenvalue weighted by Crippen LogP contribution is 2.24. The molecule has 2 unspecified atom stereocenters. The van der Waals surface area contributed by atoms with E-state index >= 15 is 0 Å². The fraction of sp³-hybridized carbons (Fsp3) is 0.786. The van der Waals surface area contributed by atoms with E-state index in [1.807, 2.05) is 19.4 Å². The molecule has 2 rings (SSSR count). The second-order valence-corrected chi connectivity index (χ2v) is 5.62. The lowest BCUT2D eigenvalue weighted by molar-refractivity contribution is 0.0773. The summed E-state index contributed by atoms with van der Waals surface area (Å²) >= 11 is 0. The van der Waals surface area contributed by atoms with Gasteiger partial charge in [0.05, 0.1) is 12.6 Å². The molecule has 4 nitrogen and oxygen atoms in total. The SMILES string of the molecule is CN(Cc1nccn1C)CC1CCCCCC1O. The van der Waals surface area contributed by atoms with Gasteiger partial charge in [0.2, 0.25) is 0 Å². The van der Waals surface area contributed by atoms with Crippen LogP contribution in [0.3, 0.4) is 0 Å². The summed E-state index contributed by atoms with van der Waals surface area (Å²) < 4.78 is 2.06. The first-order chi connectivity index (χ1) is 8.66. The minimum absolute atomic E-state index is 0.115. The van der Waals surface area contributed by atoms with Crippen molar-refractivity contribution in [1.82, 2.24) is 14.5 Å². The van der Waals surface area contributed by atoms with Crippen LogP contribution in [0.25, 0.3) is 0 Å². The average Bonchev–Trinajstić information content (AvgIpc) is 2.61. The molecule has 0 aliphatic heterocycles. The lowest BCUT2D eigenvalue weighted by atomic mass is 9.97. The predicted octanol–water partition coefficient (Wildman–Crippen LogP) is 1.79. The van der Waals surface area contributed by atoms with Gasteiger partial charge in [0.15, 0.2) is 0 Å². The van der Waals surface area contributed by atoms with Crippen LogP contribution in [0.15, 0.2) is 12.4 Å². The summed E-state index contributed by atoms with van der Waals surface area (Å²) in [7, 11) is 4.14. The molecule has 4 heteroatoms. The van der Waals surface area contributed by atoms with E-state index in [1.54, 1.807) is 0 Å². The maximum atomic E-state index is 10.1. The Hall–Kier alpha value is -0.870. The molecule has 0 radical (unpaired) electrons. The molecule has 1 aromatic rings. The number of aliphatic hydroxyl groups excluding tert-OH is 1. The average molecular weight is 251 g/mol. The number of aromatic nitrogens is 2. The topological polar surface area (TPSA) is 41.3 Å². The van der Waals surface area contributed by atoms with Crippen LogP contribution in [0.5, 0.6) is 0 Å². The van der Waals surface area contributed by atoms with Crippen molar-refractivity contribution in [2.45, 2.75) is 44.8 Å². The van der Waals surface area contributed by atoms with E-state index in [0.29, 0.717) is 5.92 Å². The Balaban J connectivity index is 1.86. The van der Waals surface area contributed by atoms with Gasteiger partial charge in [-0.1, -0.05) is 19.3 Å². The van der Waals surface area contributed by atoms with Gasteiger partial charge in [-0.15, -0.1) is 0 Å². The van der Waals surface area contributed by atoms with Gasteiger partial charge in [-0.2, -0.15) is 0 Å². The van der Waals surface area contributed by atoms with E-state index in [0.717, 1.165) is 31.8 Å². The van der Waals surface area contributed by atoms with Gasteiger partial charge in [0.25, 0.3) is 0 Å². The van der Waals surface area contributed by atoms with Gasteiger partial charge in [0.1, 0.15) is 5.82 Å². The Morgan fingerprint density at radius 2 is 2.17 bits per heavy atom. The van der Waals surface area contributed by atoms with Crippen LogP contribution in [0.1, 0.15) is 37.9 Å². The molecule has 102 valence electrons. The number of hydrogen-bond donors (Lipinski definition) is 1. The van der Waals surface area contributed by atoms with Gasteiger partial charge < -0.3 is 9.67 Å². The van der Waals surface area contributed by atoms with Crippen molar-refractivity contribution in [2.75, 3.05) is 13.6 Å². The third kappa shape index (κ3) is 3.56. The second-order valence-electron chi connectivity index (χ2n) is 5.62. The van der Waals surface area contributed by atoms with Crippen LogP contribution in [-0.4, -0.2) is 39.3 Å². The summed E-state index contributed by atoms with van der Waals surface area (Å²) in [6.45, 7) is 1.82. The van der Waals surface area contributed by atoms with Crippen molar-refractivity contribution < 1.29 is 5.11 Å². The number of nitrogens with zero attached hydrogens (tertiary/aromatic N) is 3. The molecule has 0 aromatic carbocycles. The van der Waals surface area contributed by atoms with Crippen LogP contribution in [0, 0.1) is 5.92 Å². The minimum Gasteiger partial charge on any atom is -0.393 e. The molecular formula is C14H25N3O. The summed E-state index contributed by atoms with van der Waals surface area (Å²) in [5.41, 5.74) is 0. The first-order valence-corrected chi connectivity index (χ1v) is 6.99. The van der Waals surface area contributed by atoms with Crippen molar-refractivity contribution >= 4 is 0 Å². The zero-order valence-electron chi connectivity index (χ0n) is 11.5. The predicted molar refractivity (Wildman–Crippen MR) is 72.1 cm³/mol. The highest BCUT2D eigenvalue weighted by atomic mass is 16.3. The smallest absolute Gasteiger partial charge is 0.122 e. The maximum Gasteiger partial charge on any atom is 0.122 e. The highest BCUT2D eigenvalue weighted by molar-refractivity contribution is 4.91. The molecule has 1 fully saturated rings. The van der Waals surface area contributed by atoms with Crippen LogP contribution >= 0.6 is 0 Å². The van der Waals surface area contributed by atoms with Crippen LogP contribution < -0.4 is 0 Å². The van der Waals surface area contributed by atoms with Gasteiger partial charge in [-0.05, 0) is 25.8 Å². The number of imidazole rings is 1. The molecule has 1 N–H and O–H groups in total. The van der Waals surface area contributed by atoms with Crippen LogP contribution in [-0.2, 0) is 13.6 Å². The first-order valence-electron chi connectivity index (χ1n) is 6.99. The number of aryl methyl sites for hydroxylation is 1. The van der Waals surface area contributed by atoms with E-state index in [1.165, 1.54) is 19.3 Å². The molecule has 2 atom stereocenters. The number of aliphatic hydroxyl groups is 1. The van der Waals surface area contributed by atoms with Crippen molar-refractivity contribution in [3.63, 3.8) is 0 Å². The molecule has 1 aliphatic carbocycles. The molecule has 1 aromatic heterocycles. The maximum absolute atomic E-state index is 10.1. The standard InChI is InChI=1S/C14H25N3O/c1-16(11-14-15-8-9-17(14)2)10-12-6-4-3-5-7-13(12)18/h8-9,12-13,18H,3-7,10-11H2,1-2H3. The van der Waals surface area contributed by atoms with E-state index < -0.39 is 0 Å². The molecule has 0 spiro atoms. The van der Waals surface area contributed by atoms with Crippen LogP contribution in [0.2, 0.25) is 0 Å². The third-order valence-corrected chi connectivity index (χ3v) is 4.00. The van der Waals surface area contributed by atoms with Crippen molar-refractivity contribution in [1.29, 1.82) is 0 Å². The summed E-state index contributed by atoms with van der Waals surface area (Å²) in [6, 6.07) is 0. The summed E-state index contributed by atoms with van der Waals surface area (Å²) in [5, 5.41) is 10.1. The summed E-state index contributed by atoms with van der Waals surface area (Å²) in [6.07, 6.45) is 9.55. The van der Waals surface area contributed by atoms with Gasteiger partial charge in [-0.25, -0.2) is 4.98 Å². The van der Waals surface area contributed by atoms with E-state index in [4.69, 9.17) is 0 Å². The van der Waals surface area contributed by atoms with Crippen molar-refractivity contribution in [3.8, 4) is 0 Å². The third-order valence-electron chi connectivity index (χ3n) is 4.00. The van der Waals surface area contributed by atoms with E-state index in [2.05, 4.69) is 21.5 Å². The van der Waals surface area contributed by atoms with Gasteiger partial charge in [-0.3, -0.25) is 4.90 Å². The normalized spacial score (nSPS) is 25.3. The fourth-order valence-electron chi connectivity index (χ4n) is 2.83. The molecule has 1 aliphatic rings. The quantitative estimate of drug-likeness (QED) is 0.830. The molecule has 1 saturated carbocycles. The Labute approximate surface area is 110 Å². The zero-order valence-corrected chi connectivity index (χ0v) is 11.5. The Morgan fingerprint density at radius 3 is 2.89 bits per heavy atom. The Morgan fingerprint density at radius 1 is 1.39 bits per heavy atom. The highest BCUT2D eigenvalue weighted by Gasteiger charge is 2.23. The van der Waals surface area contributed by atoms with Gasteiger partial charge >= 0.3 is 0 Å². The van der Waals surface area contributed by atoms with E-state index in [9.17, 15) is 5.11 Å². The summed E-state index contributed by atoms with van der Waals surface area (Å²) in [4.78, 5) is 6.62.